The van der Waals surface area contributed by atoms with E-state index in [0.717, 1.165) is 10.0 Å². The number of halogens is 2. The number of hydrogen-bond acceptors (Lipinski definition) is 1. The molecule has 0 aliphatic heterocycles. The molecule has 0 aromatic heterocycles. The molecule has 1 amide bonds. The highest BCUT2D eigenvalue weighted by molar-refractivity contribution is 9.10. The van der Waals surface area contributed by atoms with E-state index < -0.39 is 0 Å². The van der Waals surface area contributed by atoms with Gasteiger partial charge >= 0.3 is 0 Å². The minimum absolute atomic E-state index is 0.0485. The molecule has 0 fully saturated rings. The van der Waals surface area contributed by atoms with Crippen molar-refractivity contribution in [3.8, 4) is 0 Å². The van der Waals surface area contributed by atoms with Crippen LogP contribution in [0.2, 0.25) is 0 Å². The summed E-state index contributed by atoms with van der Waals surface area (Å²) in [4.78, 5) is 11.8. The second-order valence-electron chi connectivity index (χ2n) is 3.93. The molecule has 0 saturated carbocycles. The molecule has 1 unspecified atom stereocenters. The van der Waals surface area contributed by atoms with Crippen molar-refractivity contribution in [1.82, 2.24) is 5.32 Å². The summed E-state index contributed by atoms with van der Waals surface area (Å²) >= 11 is 9.07. The van der Waals surface area contributed by atoms with Crippen LogP contribution in [0, 0.1) is 12.8 Å². The van der Waals surface area contributed by atoms with Crippen LogP contribution >= 0.6 is 27.5 Å². The van der Waals surface area contributed by atoms with E-state index in [2.05, 4.69) is 21.2 Å². The summed E-state index contributed by atoms with van der Waals surface area (Å²) in [7, 11) is 0. The summed E-state index contributed by atoms with van der Waals surface area (Å²) in [6, 6.07) is 5.55. The molecule has 1 aromatic rings. The number of carbonyl (C=O) groups excluding carboxylic acids is 1. The van der Waals surface area contributed by atoms with Crippen LogP contribution in [0.5, 0.6) is 0 Å². The molecule has 0 aliphatic carbocycles. The summed E-state index contributed by atoms with van der Waals surface area (Å²) in [5.74, 6) is 0.800. The molecule has 88 valence electrons. The van der Waals surface area contributed by atoms with Crippen molar-refractivity contribution in [3.05, 3.63) is 33.8 Å². The van der Waals surface area contributed by atoms with Crippen molar-refractivity contribution < 1.29 is 4.79 Å². The van der Waals surface area contributed by atoms with Crippen molar-refractivity contribution in [1.29, 1.82) is 0 Å². The van der Waals surface area contributed by atoms with Crippen molar-refractivity contribution in [3.63, 3.8) is 0 Å². The molecule has 1 N–H and O–H groups in total. The maximum atomic E-state index is 11.8. The molecular formula is C12H15BrClNO. The van der Waals surface area contributed by atoms with Gasteiger partial charge in [0.15, 0.2) is 0 Å². The van der Waals surface area contributed by atoms with Crippen molar-refractivity contribution in [2.75, 3.05) is 12.4 Å². The average Bonchev–Trinajstić information content (AvgIpc) is 2.29. The van der Waals surface area contributed by atoms with Gasteiger partial charge in [-0.2, -0.15) is 0 Å². The lowest BCUT2D eigenvalue weighted by molar-refractivity contribution is 0.0949. The van der Waals surface area contributed by atoms with Gasteiger partial charge in [-0.1, -0.05) is 22.9 Å². The predicted octanol–water partition coefficient (Wildman–Crippen LogP) is 3.36. The fraction of sp³-hybridized carbons (Fsp3) is 0.417. The molecule has 1 rings (SSSR count). The van der Waals surface area contributed by atoms with Crippen molar-refractivity contribution >= 4 is 33.4 Å². The molecule has 0 radical (unpaired) electrons. The molecule has 0 aliphatic rings. The van der Waals surface area contributed by atoms with Gasteiger partial charge < -0.3 is 5.32 Å². The highest BCUT2D eigenvalue weighted by atomic mass is 79.9. The smallest absolute Gasteiger partial charge is 0.251 e. The monoisotopic (exact) mass is 303 g/mol. The molecule has 1 aromatic carbocycles. The van der Waals surface area contributed by atoms with Gasteiger partial charge in [-0.15, -0.1) is 11.6 Å². The van der Waals surface area contributed by atoms with E-state index in [0.29, 0.717) is 23.9 Å². The lowest BCUT2D eigenvalue weighted by Gasteiger charge is -2.10. The topological polar surface area (TPSA) is 29.1 Å². The highest BCUT2D eigenvalue weighted by Crippen LogP contribution is 2.16. The lowest BCUT2D eigenvalue weighted by atomic mass is 10.1. The Labute approximate surface area is 110 Å². The largest absolute Gasteiger partial charge is 0.352 e. The maximum Gasteiger partial charge on any atom is 0.251 e. The molecule has 16 heavy (non-hydrogen) atoms. The van der Waals surface area contributed by atoms with Crippen LogP contribution < -0.4 is 5.32 Å². The van der Waals surface area contributed by atoms with Gasteiger partial charge in [0.2, 0.25) is 0 Å². The highest BCUT2D eigenvalue weighted by Gasteiger charge is 2.08. The van der Waals surface area contributed by atoms with Gasteiger partial charge in [0, 0.05) is 22.5 Å². The maximum absolute atomic E-state index is 11.8. The summed E-state index contributed by atoms with van der Waals surface area (Å²) in [5, 5.41) is 2.86. The first-order valence-corrected chi connectivity index (χ1v) is 6.47. The number of nitrogens with one attached hydrogen (secondary N) is 1. The van der Waals surface area contributed by atoms with Gasteiger partial charge in [-0.25, -0.2) is 0 Å². The van der Waals surface area contributed by atoms with E-state index in [-0.39, 0.29) is 5.91 Å². The third kappa shape index (κ3) is 3.80. The third-order valence-corrected chi connectivity index (χ3v) is 3.71. The minimum Gasteiger partial charge on any atom is -0.352 e. The summed E-state index contributed by atoms with van der Waals surface area (Å²) < 4.78 is 1.01. The first-order valence-electron chi connectivity index (χ1n) is 5.15. The number of benzene rings is 1. The van der Waals surface area contributed by atoms with Crippen LogP contribution in [0.4, 0.5) is 0 Å². The fourth-order valence-corrected chi connectivity index (χ4v) is 1.57. The molecule has 0 spiro atoms. The molecule has 2 nitrogen and oxygen atoms in total. The predicted molar refractivity (Wildman–Crippen MR) is 71.1 cm³/mol. The van der Waals surface area contributed by atoms with Crippen LogP contribution in [0.15, 0.2) is 22.7 Å². The first-order chi connectivity index (χ1) is 7.54. The van der Waals surface area contributed by atoms with Gasteiger partial charge in [0.25, 0.3) is 5.91 Å². The Morgan fingerprint density at radius 1 is 1.56 bits per heavy atom. The first kappa shape index (κ1) is 13.5. The zero-order valence-electron chi connectivity index (χ0n) is 9.39. The SMILES string of the molecule is Cc1cc(C(=O)NCC(C)CCl)ccc1Br. The normalized spacial score (nSPS) is 12.2. The molecule has 4 heteroatoms. The Morgan fingerprint density at radius 3 is 2.81 bits per heavy atom. The molecular weight excluding hydrogens is 289 g/mol. The van der Waals surface area contributed by atoms with Gasteiger partial charge in [-0.05, 0) is 36.6 Å². The zero-order chi connectivity index (χ0) is 12.1. The third-order valence-electron chi connectivity index (χ3n) is 2.29. The summed E-state index contributed by atoms with van der Waals surface area (Å²) in [6.45, 7) is 4.57. The van der Waals surface area contributed by atoms with Gasteiger partial charge in [0.1, 0.15) is 0 Å². The molecule has 1 atom stereocenters. The van der Waals surface area contributed by atoms with E-state index in [1.54, 1.807) is 6.07 Å². The second kappa shape index (κ2) is 6.26. The standard InChI is InChI=1S/C12H15BrClNO/c1-8(6-14)7-15-12(16)10-3-4-11(13)9(2)5-10/h3-5,8H,6-7H2,1-2H3,(H,15,16). The van der Waals surface area contributed by atoms with E-state index in [4.69, 9.17) is 11.6 Å². The van der Waals surface area contributed by atoms with Crippen LogP contribution in [0.25, 0.3) is 0 Å². The Kier molecular flexibility index (Phi) is 5.29. The van der Waals surface area contributed by atoms with Crippen molar-refractivity contribution in [2.45, 2.75) is 13.8 Å². The number of aryl methyl sites for hydroxylation is 1. The van der Waals surface area contributed by atoms with E-state index in [9.17, 15) is 4.79 Å². The Hall–Kier alpha value is -0.540. The number of carbonyl (C=O) groups is 1. The van der Waals surface area contributed by atoms with E-state index >= 15 is 0 Å². The zero-order valence-corrected chi connectivity index (χ0v) is 11.7. The second-order valence-corrected chi connectivity index (χ2v) is 5.10. The average molecular weight is 305 g/mol. The summed E-state index contributed by atoms with van der Waals surface area (Å²) in [6.07, 6.45) is 0. The number of rotatable bonds is 4. The number of amides is 1. The fourth-order valence-electron chi connectivity index (χ4n) is 1.21. The van der Waals surface area contributed by atoms with E-state index in [1.165, 1.54) is 0 Å². The van der Waals surface area contributed by atoms with E-state index in [1.807, 2.05) is 26.0 Å². The van der Waals surface area contributed by atoms with Crippen LogP contribution in [-0.4, -0.2) is 18.3 Å². The van der Waals surface area contributed by atoms with Gasteiger partial charge in [-0.3, -0.25) is 4.79 Å². The van der Waals surface area contributed by atoms with Gasteiger partial charge in [0.05, 0.1) is 0 Å². The Morgan fingerprint density at radius 2 is 2.25 bits per heavy atom. The Bertz CT molecular complexity index is 381. The molecule has 0 saturated heterocycles. The molecule has 0 heterocycles. The van der Waals surface area contributed by atoms with Crippen molar-refractivity contribution in [2.24, 2.45) is 5.92 Å². The summed E-state index contributed by atoms with van der Waals surface area (Å²) in [5.41, 5.74) is 1.74. The van der Waals surface area contributed by atoms with Crippen LogP contribution in [-0.2, 0) is 0 Å². The van der Waals surface area contributed by atoms with Crippen LogP contribution in [0.3, 0.4) is 0 Å². The minimum atomic E-state index is -0.0485. The molecule has 0 bridgehead atoms. The number of hydrogen-bond donors (Lipinski definition) is 1. The quantitative estimate of drug-likeness (QED) is 0.849. The lowest BCUT2D eigenvalue weighted by Crippen LogP contribution is -2.28. The van der Waals surface area contributed by atoms with Crippen LogP contribution in [0.1, 0.15) is 22.8 Å². The Balaban J connectivity index is 2.63. The number of alkyl halides is 1.